The summed E-state index contributed by atoms with van der Waals surface area (Å²) in [6.07, 6.45) is 0.310. The van der Waals surface area contributed by atoms with Crippen LogP contribution in [0, 0.1) is 0 Å². The summed E-state index contributed by atoms with van der Waals surface area (Å²) in [5, 5.41) is 14.8. The first-order valence-electron chi connectivity index (χ1n) is 12.7. The van der Waals surface area contributed by atoms with Gasteiger partial charge < -0.3 is 20.1 Å². The maximum Gasteiger partial charge on any atom is 0.229 e. The predicted octanol–water partition coefficient (Wildman–Crippen LogP) is 5.58. The van der Waals surface area contributed by atoms with Crippen LogP contribution >= 0.6 is 0 Å². The zero-order valence-electron chi connectivity index (χ0n) is 21.6. The van der Waals surface area contributed by atoms with Crippen LogP contribution in [0.15, 0.2) is 103 Å². The molecule has 0 saturated carbocycles. The minimum atomic E-state index is -3.38. The van der Waals surface area contributed by atoms with Crippen LogP contribution in [0.25, 0.3) is 33.3 Å². The number of benzene rings is 4. The van der Waals surface area contributed by atoms with Gasteiger partial charge >= 0.3 is 0 Å². The third-order valence-corrected chi connectivity index (χ3v) is 6.96. The normalized spacial score (nSPS) is 12.4. The van der Waals surface area contributed by atoms with E-state index in [1.807, 2.05) is 48.5 Å². The number of nitrogens with one attached hydrogen (secondary N) is 3. The first-order valence-corrected chi connectivity index (χ1v) is 14.6. The molecule has 0 spiro atoms. The largest absolute Gasteiger partial charge is 0.492 e. The average molecular weight is 542 g/mol. The topological polar surface area (TPSA) is 103 Å². The minimum absolute atomic E-state index is 0.308. The fourth-order valence-corrected chi connectivity index (χ4v) is 5.17. The lowest BCUT2D eigenvalue weighted by Crippen LogP contribution is -2.26. The molecule has 4 aromatic carbocycles. The molecule has 0 radical (unpaired) electrons. The number of hydrogen-bond donors (Lipinski definition) is 4. The number of aliphatic hydroxyl groups is 1. The smallest absolute Gasteiger partial charge is 0.229 e. The van der Waals surface area contributed by atoms with Crippen molar-refractivity contribution in [3.63, 3.8) is 0 Å². The van der Waals surface area contributed by atoms with Gasteiger partial charge in [-0.15, -0.1) is 0 Å². The van der Waals surface area contributed by atoms with Crippen LogP contribution in [0.3, 0.4) is 0 Å². The van der Waals surface area contributed by atoms with Crippen LogP contribution in [0.4, 0.5) is 5.69 Å². The van der Waals surface area contributed by atoms with E-state index >= 15 is 0 Å². The lowest BCUT2D eigenvalue weighted by molar-refractivity contribution is 0.172. The van der Waals surface area contributed by atoms with E-state index in [2.05, 4.69) is 45.4 Å². The first kappa shape index (κ1) is 26.5. The van der Waals surface area contributed by atoms with Crippen molar-refractivity contribution in [2.24, 2.45) is 0 Å². The van der Waals surface area contributed by atoms with E-state index in [1.54, 1.807) is 24.3 Å². The summed E-state index contributed by atoms with van der Waals surface area (Å²) in [6.45, 7) is 1.26. The van der Waals surface area contributed by atoms with Crippen molar-refractivity contribution in [1.29, 1.82) is 0 Å². The van der Waals surface area contributed by atoms with Crippen molar-refractivity contribution in [1.82, 2.24) is 10.3 Å². The molecule has 1 heterocycles. The van der Waals surface area contributed by atoms with Crippen molar-refractivity contribution in [3.8, 4) is 28.1 Å². The average Bonchev–Trinajstić information content (AvgIpc) is 3.32. The van der Waals surface area contributed by atoms with Crippen LogP contribution in [0.1, 0.15) is 11.7 Å². The highest BCUT2D eigenvalue weighted by Crippen LogP contribution is 2.39. The predicted molar refractivity (Wildman–Crippen MR) is 157 cm³/mol. The Labute approximate surface area is 228 Å². The molecule has 39 heavy (non-hydrogen) atoms. The Balaban J connectivity index is 1.23. The molecule has 1 aromatic heterocycles. The SMILES string of the molecule is CS(=O)(=O)Nc1cccc(C(O)CNCCOc2ccc3c(-c4ccccc4)c(-c4ccccc4)[nH]c3c2)c1. The quantitative estimate of drug-likeness (QED) is 0.164. The second-order valence-corrected chi connectivity index (χ2v) is 11.1. The van der Waals surface area contributed by atoms with Gasteiger partial charge in [0.1, 0.15) is 12.4 Å². The number of aliphatic hydroxyl groups excluding tert-OH is 1. The molecular weight excluding hydrogens is 510 g/mol. The molecule has 5 rings (SSSR count). The molecule has 0 fully saturated rings. The summed E-state index contributed by atoms with van der Waals surface area (Å²) in [7, 11) is -3.38. The summed E-state index contributed by atoms with van der Waals surface area (Å²) in [5.74, 6) is 0.755. The minimum Gasteiger partial charge on any atom is -0.492 e. The van der Waals surface area contributed by atoms with Gasteiger partial charge in [-0.2, -0.15) is 0 Å². The van der Waals surface area contributed by atoms with E-state index in [0.717, 1.165) is 45.3 Å². The first-order chi connectivity index (χ1) is 18.9. The molecule has 0 aliphatic carbocycles. The van der Waals surface area contributed by atoms with Crippen LogP contribution in [0.5, 0.6) is 5.75 Å². The Morgan fingerprint density at radius 2 is 1.59 bits per heavy atom. The highest BCUT2D eigenvalue weighted by molar-refractivity contribution is 7.92. The molecule has 7 nitrogen and oxygen atoms in total. The summed E-state index contributed by atoms with van der Waals surface area (Å²) in [6, 6.07) is 33.5. The lowest BCUT2D eigenvalue weighted by Gasteiger charge is -2.14. The molecule has 8 heteroatoms. The fraction of sp³-hybridized carbons (Fsp3) is 0.161. The second kappa shape index (κ2) is 11.7. The number of sulfonamides is 1. The van der Waals surface area contributed by atoms with Crippen molar-refractivity contribution >= 4 is 26.6 Å². The van der Waals surface area contributed by atoms with Gasteiger partial charge in [-0.25, -0.2) is 8.42 Å². The van der Waals surface area contributed by atoms with E-state index in [1.165, 1.54) is 0 Å². The maximum absolute atomic E-state index is 11.5. The number of ether oxygens (including phenoxy) is 1. The summed E-state index contributed by atoms with van der Waals surface area (Å²) < 4.78 is 31.3. The molecule has 200 valence electrons. The Hall–Kier alpha value is -4.11. The molecule has 4 N–H and O–H groups in total. The van der Waals surface area contributed by atoms with Gasteiger partial charge in [0, 0.05) is 35.8 Å². The molecular formula is C31H31N3O4S. The third kappa shape index (κ3) is 6.67. The number of aromatic amines is 1. The van der Waals surface area contributed by atoms with Gasteiger partial charge in [-0.3, -0.25) is 4.72 Å². The van der Waals surface area contributed by atoms with Gasteiger partial charge in [0.2, 0.25) is 10.0 Å². The Kier molecular flexibility index (Phi) is 7.97. The zero-order chi connectivity index (χ0) is 27.2. The van der Waals surface area contributed by atoms with Crippen molar-refractivity contribution in [2.75, 3.05) is 30.7 Å². The van der Waals surface area contributed by atoms with Crippen molar-refractivity contribution in [3.05, 3.63) is 109 Å². The molecule has 0 bridgehead atoms. The Morgan fingerprint density at radius 1 is 0.872 bits per heavy atom. The van der Waals surface area contributed by atoms with E-state index in [9.17, 15) is 13.5 Å². The zero-order valence-corrected chi connectivity index (χ0v) is 22.4. The van der Waals surface area contributed by atoms with Gasteiger partial charge in [0.05, 0.1) is 23.6 Å². The highest BCUT2D eigenvalue weighted by Gasteiger charge is 2.15. The second-order valence-electron chi connectivity index (χ2n) is 9.38. The van der Waals surface area contributed by atoms with Crippen LogP contribution < -0.4 is 14.8 Å². The number of rotatable bonds is 11. The fourth-order valence-electron chi connectivity index (χ4n) is 4.61. The molecule has 0 aliphatic rings. The van der Waals surface area contributed by atoms with E-state index < -0.39 is 16.1 Å². The molecule has 5 aromatic rings. The highest BCUT2D eigenvalue weighted by atomic mass is 32.2. The third-order valence-electron chi connectivity index (χ3n) is 6.35. The summed E-state index contributed by atoms with van der Waals surface area (Å²) in [5.41, 5.74) is 6.54. The Bertz CT molecular complexity index is 1650. The number of fused-ring (bicyclic) bond motifs is 1. The number of aromatic nitrogens is 1. The van der Waals surface area contributed by atoms with Gasteiger partial charge in [-0.05, 0) is 41.0 Å². The maximum atomic E-state index is 11.5. The number of anilines is 1. The summed E-state index contributed by atoms with van der Waals surface area (Å²) in [4.78, 5) is 3.60. The molecule has 0 aliphatic heterocycles. The van der Waals surface area contributed by atoms with E-state index in [-0.39, 0.29) is 0 Å². The number of hydrogen-bond acceptors (Lipinski definition) is 5. The van der Waals surface area contributed by atoms with Crippen LogP contribution in [-0.2, 0) is 10.0 Å². The molecule has 1 unspecified atom stereocenters. The molecule has 1 atom stereocenters. The Morgan fingerprint density at radius 3 is 2.31 bits per heavy atom. The van der Waals surface area contributed by atoms with Crippen molar-refractivity contribution in [2.45, 2.75) is 6.10 Å². The van der Waals surface area contributed by atoms with Crippen LogP contribution in [-0.4, -0.2) is 44.5 Å². The van der Waals surface area contributed by atoms with E-state index in [0.29, 0.717) is 30.9 Å². The van der Waals surface area contributed by atoms with Crippen LogP contribution in [0.2, 0.25) is 0 Å². The molecule has 0 saturated heterocycles. The van der Waals surface area contributed by atoms with Gasteiger partial charge in [0.15, 0.2) is 0 Å². The summed E-state index contributed by atoms with van der Waals surface area (Å²) >= 11 is 0. The van der Waals surface area contributed by atoms with Crippen molar-refractivity contribution < 1.29 is 18.3 Å². The van der Waals surface area contributed by atoms with Gasteiger partial charge in [-0.1, -0.05) is 72.8 Å². The van der Waals surface area contributed by atoms with E-state index in [4.69, 9.17) is 4.74 Å². The lowest BCUT2D eigenvalue weighted by atomic mass is 9.98. The molecule has 0 amide bonds. The monoisotopic (exact) mass is 541 g/mol. The van der Waals surface area contributed by atoms with Gasteiger partial charge in [0.25, 0.3) is 0 Å². The number of H-pyrrole nitrogens is 1. The standard InChI is InChI=1S/C31H31N3O4S/c1-39(36,37)34-25-14-8-13-24(19-25)29(35)21-32-17-18-38-26-15-16-27-28(20-26)33-31(23-11-6-3-7-12-23)30(27)22-9-4-2-5-10-22/h2-16,19-20,29,32-35H,17-18,21H2,1H3.